The summed E-state index contributed by atoms with van der Waals surface area (Å²) in [5.41, 5.74) is 1.96. The fraction of sp³-hybridized carbons (Fsp3) is 0.417. The Morgan fingerprint density at radius 1 is 1.40 bits per heavy atom. The highest BCUT2D eigenvalue weighted by atomic mass is 16.5. The maximum absolute atomic E-state index is 11.2. The molecule has 1 aromatic rings. The largest absolute Gasteiger partial charge is 0.494 e. The van der Waals surface area contributed by atoms with Crippen LogP contribution in [0.25, 0.3) is 0 Å². The minimum Gasteiger partial charge on any atom is -0.494 e. The average Bonchev–Trinajstić information content (AvgIpc) is 2.23. The zero-order chi connectivity index (χ0) is 11.3. The van der Waals surface area contributed by atoms with Crippen LogP contribution < -0.4 is 4.74 Å². The standard InChI is InChI=1S/C12H16O3/c1-4-15-11-7-5-6-9(2)10(11)8-12(13)14-3/h5-7H,4,8H2,1-3H3. The highest BCUT2D eigenvalue weighted by molar-refractivity contribution is 5.74. The molecule has 82 valence electrons. The smallest absolute Gasteiger partial charge is 0.310 e. The highest BCUT2D eigenvalue weighted by Gasteiger charge is 2.11. The fourth-order valence-electron chi connectivity index (χ4n) is 1.41. The molecule has 0 radical (unpaired) electrons. The Bertz CT molecular complexity index is 345. The van der Waals surface area contributed by atoms with Gasteiger partial charge in [-0.05, 0) is 25.5 Å². The number of rotatable bonds is 4. The van der Waals surface area contributed by atoms with Crippen LogP contribution in [0.2, 0.25) is 0 Å². The zero-order valence-electron chi connectivity index (χ0n) is 9.37. The number of hydrogen-bond acceptors (Lipinski definition) is 3. The summed E-state index contributed by atoms with van der Waals surface area (Å²) < 4.78 is 10.1. The maximum Gasteiger partial charge on any atom is 0.310 e. The summed E-state index contributed by atoms with van der Waals surface area (Å²) in [5.74, 6) is 0.521. The van der Waals surface area contributed by atoms with E-state index in [0.29, 0.717) is 6.61 Å². The molecule has 0 N–H and O–H groups in total. The van der Waals surface area contributed by atoms with Gasteiger partial charge in [-0.1, -0.05) is 12.1 Å². The van der Waals surface area contributed by atoms with Crippen molar-refractivity contribution < 1.29 is 14.3 Å². The van der Waals surface area contributed by atoms with Crippen molar-refractivity contribution in [1.82, 2.24) is 0 Å². The van der Waals surface area contributed by atoms with E-state index in [9.17, 15) is 4.79 Å². The van der Waals surface area contributed by atoms with Crippen molar-refractivity contribution in [1.29, 1.82) is 0 Å². The van der Waals surface area contributed by atoms with Crippen molar-refractivity contribution in [3.63, 3.8) is 0 Å². The van der Waals surface area contributed by atoms with E-state index in [-0.39, 0.29) is 12.4 Å². The van der Waals surface area contributed by atoms with Gasteiger partial charge in [-0.15, -0.1) is 0 Å². The predicted octanol–water partition coefficient (Wildman–Crippen LogP) is 2.11. The lowest BCUT2D eigenvalue weighted by Crippen LogP contribution is -2.08. The van der Waals surface area contributed by atoms with Gasteiger partial charge in [-0.25, -0.2) is 0 Å². The van der Waals surface area contributed by atoms with Crippen molar-refractivity contribution in [3.8, 4) is 5.75 Å². The third-order valence-corrected chi connectivity index (χ3v) is 2.22. The van der Waals surface area contributed by atoms with Crippen LogP contribution in [0.15, 0.2) is 18.2 Å². The number of esters is 1. The summed E-state index contributed by atoms with van der Waals surface area (Å²) in [7, 11) is 1.39. The van der Waals surface area contributed by atoms with Gasteiger partial charge in [0.2, 0.25) is 0 Å². The summed E-state index contributed by atoms with van der Waals surface area (Å²) in [4.78, 5) is 11.2. The second-order valence-corrected chi connectivity index (χ2v) is 3.24. The SMILES string of the molecule is CCOc1cccc(C)c1CC(=O)OC. The normalized spacial score (nSPS) is 9.80. The van der Waals surface area contributed by atoms with E-state index < -0.39 is 0 Å². The Morgan fingerprint density at radius 2 is 2.13 bits per heavy atom. The molecule has 0 heterocycles. The van der Waals surface area contributed by atoms with Crippen LogP contribution in [0.3, 0.4) is 0 Å². The number of hydrogen-bond donors (Lipinski definition) is 0. The molecule has 0 atom stereocenters. The Kier molecular flexibility index (Phi) is 4.16. The van der Waals surface area contributed by atoms with E-state index in [4.69, 9.17) is 4.74 Å². The zero-order valence-corrected chi connectivity index (χ0v) is 9.37. The first-order valence-corrected chi connectivity index (χ1v) is 4.97. The summed E-state index contributed by atoms with van der Waals surface area (Å²) in [5, 5.41) is 0. The topological polar surface area (TPSA) is 35.5 Å². The van der Waals surface area contributed by atoms with Crippen LogP contribution in [-0.2, 0) is 16.0 Å². The van der Waals surface area contributed by atoms with E-state index in [2.05, 4.69) is 4.74 Å². The van der Waals surface area contributed by atoms with Crippen molar-refractivity contribution in [3.05, 3.63) is 29.3 Å². The molecule has 1 aromatic carbocycles. The van der Waals surface area contributed by atoms with Crippen molar-refractivity contribution in [2.75, 3.05) is 13.7 Å². The Labute approximate surface area is 90.0 Å². The number of carbonyl (C=O) groups is 1. The predicted molar refractivity (Wildman–Crippen MR) is 58.1 cm³/mol. The molecule has 1 rings (SSSR count). The minimum absolute atomic E-state index is 0.245. The summed E-state index contributed by atoms with van der Waals surface area (Å²) in [6.07, 6.45) is 0.262. The molecule has 3 heteroatoms. The first-order chi connectivity index (χ1) is 7.19. The van der Waals surface area contributed by atoms with E-state index >= 15 is 0 Å². The third kappa shape index (κ3) is 2.98. The van der Waals surface area contributed by atoms with E-state index in [0.717, 1.165) is 16.9 Å². The van der Waals surface area contributed by atoms with E-state index in [1.165, 1.54) is 7.11 Å². The quantitative estimate of drug-likeness (QED) is 0.711. The number of ether oxygens (including phenoxy) is 2. The van der Waals surface area contributed by atoms with Crippen molar-refractivity contribution in [2.45, 2.75) is 20.3 Å². The lowest BCUT2D eigenvalue weighted by Gasteiger charge is -2.11. The summed E-state index contributed by atoms with van der Waals surface area (Å²) in [6.45, 7) is 4.47. The lowest BCUT2D eigenvalue weighted by molar-refractivity contribution is -0.139. The molecular formula is C12H16O3. The monoisotopic (exact) mass is 208 g/mol. The number of carbonyl (C=O) groups excluding carboxylic acids is 1. The Morgan fingerprint density at radius 3 is 2.73 bits per heavy atom. The highest BCUT2D eigenvalue weighted by Crippen LogP contribution is 2.22. The summed E-state index contributed by atoms with van der Waals surface area (Å²) >= 11 is 0. The van der Waals surface area contributed by atoms with Crippen LogP contribution >= 0.6 is 0 Å². The molecule has 0 bridgehead atoms. The molecule has 0 unspecified atom stereocenters. The molecule has 15 heavy (non-hydrogen) atoms. The van der Waals surface area contributed by atoms with Crippen LogP contribution in [-0.4, -0.2) is 19.7 Å². The van der Waals surface area contributed by atoms with Gasteiger partial charge in [0, 0.05) is 5.56 Å². The third-order valence-electron chi connectivity index (χ3n) is 2.22. The Balaban J connectivity index is 2.96. The second-order valence-electron chi connectivity index (χ2n) is 3.24. The maximum atomic E-state index is 11.2. The second kappa shape index (κ2) is 5.39. The number of aryl methyl sites for hydroxylation is 1. The minimum atomic E-state index is -0.245. The molecule has 0 saturated heterocycles. The first kappa shape index (κ1) is 11.6. The molecule has 0 aliphatic carbocycles. The molecule has 0 aliphatic rings. The molecule has 0 aromatic heterocycles. The molecule has 0 aliphatic heterocycles. The van der Waals surface area contributed by atoms with Gasteiger partial charge in [-0.3, -0.25) is 4.79 Å². The van der Waals surface area contributed by atoms with Gasteiger partial charge < -0.3 is 9.47 Å². The first-order valence-electron chi connectivity index (χ1n) is 4.97. The average molecular weight is 208 g/mol. The molecule has 0 saturated carbocycles. The van der Waals surface area contributed by atoms with Crippen LogP contribution in [0.5, 0.6) is 5.75 Å². The van der Waals surface area contributed by atoms with Crippen molar-refractivity contribution in [2.24, 2.45) is 0 Å². The van der Waals surface area contributed by atoms with Crippen LogP contribution in [0.4, 0.5) is 0 Å². The Hall–Kier alpha value is -1.51. The van der Waals surface area contributed by atoms with Gasteiger partial charge >= 0.3 is 5.97 Å². The van der Waals surface area contributed by atoms with Crippen molar-refractivity contribution >= 4 is 5.97 Å². The number of benzene rings is 1. The molecular weight excluding hydrogens is 192 g/mol. The van der Waals surface area contributed by atoms with Crippen LogP contribution in [0.1, 0.15) is 18.1 Å². The van der Waals surface area contributed by atoms with Crippen LogP contribution in [0, 0.1) is 6.92 Å². The molecule has 0 fully saturated rings. The van der Waals surface area contributed by atoms with Gasteiger partial charge in [0.25, 0.3) is 0 Å². The van der Waals surface area contributed by atoms with Gasteiger partial charge in [0.05, 0.1) is 20.1 Å². The van der Waals surface area contributed by atoms with E-state index in [1.54, 1.807) is 0 Å². The lowest BCUT2D eigenvalue weighted by atomic mass is 10.0. The molecule has 0 spiro atoms. The fourth-order valence-corrected chi connectivity index (χ4v) is 1.41. The van der Waals surface area contributed by atoms with E-state index in [1.807, 2.05) is 32.0 Å². The van der Waals surface area contributed by atoms with Gasteiger partial charge in [0.1, 0.15) is 5.75 Å². The van der Waals surface area contributed by atoms with Gasteiger partial charge in [-0.2, -0.15) is 0 Å². The molecule has 0 amide bonds. The summed E-state index contributed by atoms with van der Waals surface area (Å²) in [6, 6.07) is 5.75. The molecule has 3 nitrogen and oxygen atoms in total. The van der Waals surface area contributed by atoms with Gasteiger partial charge in [0.15, 0.2) is 0 Å². The number of methoxy groups -OCH3 is 1.